The van der Waals surface area contributed by atoms with Crippen LogP contribution in [-0.4, -0.2) is 44.5 Å². The van der Waals surface area contributed by atoms with Gasteiger partial charge in [0.2, 0.25) is 5.91 Å². The maximum Gasteiger partial charge on any atom is 0.225 e. The van der Waals surface area contributed by atoms with E-state index in [2.05, 4.69) is 32.1 Å². The number of anilines is 1. The van der Waals surface area contributed by atoms with Crippen molar-refractivity contribution in [2.45, 2.75) is 51.6 Å². The Kier molecular flexibility index (Phi) is 3.77. The maximum absolute atomic E-state index is 12.6. The van der Waals surface area contributed by atoms with Crippen LogP contribution >= 0.6 is 0 Å². The molecule has 2 atom stereocenters. The fourth-order valence-corrected chi connectivity index (χ4v) is 4.10. The van der Waals surface area contributed by atoms with E-state index >= 15 is 0 Å². The van der Waals surface area contributed by atoms with Crippen LogP contribution in [0.1, 0.15) is 38.4 Å². The Morgan fingerprint density at radius 3 is 2.93 bits per heavy atom. The molecule has 1 amide bonds. The van der Waals surface area contributed by atoms with Gasteiger partial charge in [0.15, 0.2) is 5.65 Å². The topological polar surface area (TPSA) is 86.8 Å². The molecule has 3 aromatic heterocycles. The van der Waals surface area contributed by atoms with E-state index in [0.717, 1.165) is 59.3 Å². The molecule has 1 saturated carbocycles. The van der Waals surface area contributed by atoms with Crippen molar-refractivity contribution >= 4 is 33.7 Å². The van der Waals surface area contributed by atoms with E-state index in [1.165, 1.54) is 0 Å². The second-order valence-electron chi connectivity index (χ2n) is 7.93. The number of carbonyl (C=O) groups excluding carboxylic acids is 1. The molecule has 1 aliphatic heterocycles. The normalized spacial score (nSPS) is 23.1. The van der Waals surface area contributed by atoms with Crippen LogP contribution in [0.3, 0.4) is 0 Å². The third-order valence-electron chi connectivity index (χ3n) is 5.79. The fraction of sp³-hybridized carbons (Fsp3) is 0.500. The highest BCUT2D eigenvalue weighted by Gasteiger charge is 2.34. The Labute approximate surface area is 157 Å². The summed E-state index contributed by atoms with van der Waals surface area (Å²) in [7, 11) is 0. The Morgan fingerprint density at radius 2 is 2.11 bits per heavy atom. The van der Waals surface area contributed by atoms with Crippen molar-refractivity contribution in [3.8, 4) is 0 Å². The third-order valence-corrected chi connectivity index (χ3v) is 5.79. The van der Waals surface area contributed by atoms with Gasteiger partial charge < -0.3 is 15.2 Å². The molecular formula is C20H24N6O. The Bertz CT molecular complexity index is 1020. The summed E-state index contributed by atoms with van der Waals surface area (Å²) >= 11 is 0. The predicted molar refractivity (Wildman–Crippen MR) is 105 cm³/mol. The SMILES string of the molecule is Cc1nc(N2CC(C(=O)NC3CC3)CCC2C)c2c(cnc3nccc32)[nH]1. The molecule has 2 unspecified atom stereocenters. The van der Waals surface area contributed by atoms with E-state index in [1.807, 2.05) is 19.2 Å². The minimum Gasteiger partial charge on any atom is -0.353 e. The molecule has 3 aromatic rings. The highest BCUT2D eigenvalue weighted by atomic mass is 16.2. The number of aromatic amines is 1. The molecular weight excluding hydrogens is 340 g/mol. The Morgan fingerprint density at radius 1 is 1.26 bits per heavy atom. The molecule has 0 radical (unpaired) electrons. The van der Waals surface area contributed by atoms with E-state index < -0.39 is 0 Å². The van der Waals surface area contributed by atoms with Crippen LogP contribution in [0.4, 0.5) is 5.82 Å². The lowest BCUT2D eigenvalue weighted by Crippen LogP contribution is -2.47. The van der Waals surface area contributed by atoms with Crippen molar-refractivity contribution in [2.24, 2.45) is 5.92 Å². The summed E-state index contributed by atoms with van der Waals surface area (Å²) in [4.78, 5) is 31.9. The predicted octanol–water partition coefficient (Wildman–Crippen LogP) is 2.70. The molecule has 7 heteroatoms. The number of rotatable bonds is 3. The number of hydrogen-bond donors (Lipinski definition) is 2. The van der Waals surface area contributed by atoms with Gasteiger partial charge >= 0.3 is 0 Å². The number of nitrogens with zero attached hydrogens (tertiary/aromatic N) is 4. The van der Waals surface area contributed by atoms with Crippen LogP contribution < -0.4 is 10.2 Å². The molecule has 1 aliphatic carbocycles. The largest absolute Gasteiger partial charge is 0.353 e. The zero-order valence-corrected chi connectivity index (χ0v) is 15.7. The van der Waals surface area contributed by atoms with Crippen LogP contribution in [0.5, 0.6) is 0 Å². The van der Waals surface area contributed by atoms with Crippen molar-refractivity contribution in [1.29, 1.82) is 0 Å². The average Bonchev–Trinajstić information content (AvgIpc) is 3.33. The third kappa shape index (κ3) is 2.91. The van der Waals surface area contributed by atoms with Gasteiger partial charge in [-0.1, -0.05) is 0 Å². The number of amides is 1. The molecule has 7 nitrogen and oxygen atoms in total. The van der Waals surface area contributed by atoms with Crippen molar-refractivity contribution in [2.75, 3.05) is 11.4 Å². The highest BCUT2D eigenvalue weighted by Crippen LogP contribution is 2.35. The van der Waals surface area contributed by atoms with Crippen LogP contribution in [0.25, 0.3) is 21.9 Å². The van der Waals surface area contributed by atoms with Gasteiger partial charge in [-0.15, -0.1) is 0 Å². The quantitative estimate of drug-likeness (QED) is 0.746. The summed E-state index contributed by atoms with van der Waals surface area (Å²) in [6, 6.07) is 2.72. The van der Waals surface area contributed by atoms with Crippen molar-refractivity contribution in [3.63, 3.8) is 0 Å². The molecule has 0 aromatic carbocycles. The minimum atomic E-state index is 0.0123. The summed E-state index contributed by atoms with van der Waals surface area (Å²) in [5.41, 5.74) is 1.69. The van der Waals surface area contributed by atoms with Gasteiger partial charge in [-0.2, -0.15) is 0 Å². The van der Waals surface area contributed by atoms with Crippen LogP contribution in [-0.2, 0) is 4.79 Å². The lowest BCUT2D eigenvalue weighted by molar-refractivity contribution is -0.125. The molecule has 4 heterocycles. The summed E-state index contributed by atoms with van der Waals surface area (Å²) in [5, 5.41) is 5.22. The first-order valence-electron chi connectivity index (χ1n) is 9.77. The molecule has 2 fully saturated rings. The van der Waals surface area contributed by atoms with Gasteiger partial charge in [-0.3, -0.25) is 4.79 Å². The molecule has 5 rings (SSSR count). The maximum atomic E-state index is 12.6. The van der Waals surface area contributed by atoms with Gasteiger partial charge in [-0.05, 0) is 45.6 Å². The lowest BCUT2D eigenvalue weighted by atomic mass is 9.92. The van der Waals surface area contributed by atoms with E-state index in [9.17, 15) is 4.79 Å². The molecule has 1 saturated heterocycles. The van der Waals surface area contributed by atoms with Crippen LogP contribution in [0, 0.1) is 12.8 Å². The average molecular weight is 364 g/mol. The zero-order valence-electron chi connectivity index (χ0n) is 15.7. The molecule has 0 spiro atoms. The molecule has 2 aliphatic rings. The second-order valence-corrected chi connectivity index (χ2v) is 7.93. The van der Waals surface area contributed by atoms with Gasteiger partial charge in [0.05, 0.1) is 23.0 Å². The smallest absolute Gasteiger partial charge is 0.225 e. The molecule has 0 bridgehead atoms. The number of piperidine rings is 1. The number of hydrogen-bond acceptors (Lipinski definition) is 5. The van der Waals surface area contributed by atoms with Crippen LogP contribution in [0.2, 0.25) is 0 Å². The summed E-state index contributed by atoms with van der Waals surface area (Å²) in [5.74, 6) is 1.98. The van der Waals surface area contributed by atoms with Crippen molar-refractivity contribution in [1.82, 2.24) is 25.3 Å². The highest BCUT2D eigenvalue weighted by molar-refractivity contribution is 6.09. The fourth-order valence-electron chi connectivity index (χ4n) is 4.10. The Hall–Kier alpha value is -2.70. The van der Waals surface area contributed by atoms with E-state index in [1.54, 1.807) is 6.20 Å². The van der Waals surface area contributed by atoms with Gasteiger partial charge in [-0.25, -0.2) is 15.0 Å². The zero-order chi connectivity index (χ0) is 18.5. The number of carbonyl (C=O) groups is 1. The molecule has 2 N–H and O–H groups in total. The first kappa shape index (κ1) is 16.5. The molecule has 27 heavy (non-hydrogen) atoms. The van der Waals surface area contributed by atoms with Crippen molar-refractivity contribution in [3.05, 3.63) is 24.3 Å². The number of H-pyrrole nitrogens is 1. The monoisotopic (exact) mass is 364 g/mol. The van der Waals surface area contributed by atoms with Gasteiger partial charge in [0.1, 0.15) is 11.6 Å². The first-order chi connectivity index (χ1) is 13.1. The number of aryl methyl sites for hydroxylation is 1. The summed E-state index contributed by atoms with van der Waals surface area (Å²) in [6.45, 7) is 4.88. The number of nitrogens with one attached hydrogen (secondary N) is 2. The summed E-state index contributed by atoms with van der Waals surface area (Å²) in [6.07, 6.45) is 7.76. The number of fused-ring (bicyclic) bond motifs is 3. The number of aromatic nitrogens is 4. The van der Waals surface area contributed by atoms with Crippen LogP contribution in [0.15, 0.2) is 18.5 Å². The minimum absolute atomic E-state index is 0.0123. The first-order valence-corrected chi connectivity index (χ1v) is 9.77. The van der Waals surface area contributed by atoms with Gasteiger partial charge in [0, 0.05) is 30.2 Å². The summed E-state index contributed by atoms with van der Waals surface area (Å²) < 4.78 is 0. The lowest BCUT2D eigenvalue weighted by Gasteiger charge is -2.39. The Balaban J connectivity index is 1.58. The second kappa shape index (κ2) is 6.18. The van der Waals surface area contributed by atoms with Crippen molar-refractivity contribution < 1.29 is 4.79 Å². The van der Waals surface area contributed by atoms with E-state index in [-0.39, 0.29) is 11.8 Å². The van der Waals surface area contributed by atoms with E-state index in [0.29, 0.717) is 18.6 Å². The van der Waals surface area contributed by atoms with E-state index in [4.69, 9.17) is 4.98 Å². The molecule has 140 valence electrons. The van der Waals surface area contributed by atoms with Gasteiger partial charge in [0.25, 0.3) is 0 Å². The standard InChI is InChI=1S/C20H24N6O/c1-11-3-4-13(20(27)25-14-5-6-14)10-26(11)19-17-15-7-8-21-18(15)22-9-16(17)23-12(2)24-19/h7-9,11,13-14H,3-6,10H2,1-2H3,(H,23,24)(H,25,27). The number of pyridine rings is 1.